The molecule has 2 heterocycles. The van der Waals surface area contributed by atoms with Gasteiger partial charge in [-0.25, -0.2) is 4.98 Å². The van der Waals surface area contributed by atoms with E-state index < -0.39 is 0 Å². The minimum absolute atomic E-state index is 0.206. The number of aromatic nitrogens is 3. The standard InChI is InChI=1S/C19H24N4/c1-19(2,3)15-7-5-14(6-8-15)9-12-21-18-22-16-13-20-11-10-17(16)23(18)4/h5-8,10-11,13H,9,12H2,1-4H3,(H,21,22). The summed E-state index contributed by atoms with van der Waals surface area (Å²) in [5.74, 6) is 0.888. The number of hydrogen-bond acceptors (Lipinski definition) is 3. The predicted molar refractivity (Wildman–Crippen MR) is 95.8 cm³/mol. The van der Waals surface area contributed by atoms with Crippen LogP contribution in [0, 0.1) is 0 Å². The van der Waals surface area contributed by atoms with Gasteiger partial charge in [0.1, 0.15) is 5.52 Å². The average molecular weight is 308 g/mol. The molecule has 2 aromatic heterocycles. The topological polar surface area (TPSA) is 42.7 Å². The Kier molecular flexibility index (Phi) is 4.07. The van der Waals surface area contributed by atoms with Crippen molar-refractivity contribution in [1.82, 2.24) is 14.5 Å². The van der Waals surface area contributed by atoms with Gasteiger partial charge in [0.05, 0.1) is 11.7 Å². The van der Waals surface area contributed by atoms with E-state index >= 15 is 0 Å². The van der Waals surface area contributed by atoms with Gasteiger partial charge in [-0.15, -0.1) is 0 Å². The van der Waals surface area contributed by atoms with E-state index in [0.29, 0.717) is 0 Å². The van der Waals surface area contributed by atoms with Crippen molar-refractivity contribution < 1.29 is 0 Å². The van der Waals surface area contributed by atoms with E-state index in [-0.39, 0.29) is 5.41 Å². The van der Waals surface area contributed by atoms with E-state index in [1.807, 2.05) is 13.1 Å². The van der Waals surface area contributed by atoms with E-state index in [9.17, 15) is 0 Å². The Morgan fingerprint density at radius 3 is 2.48 bits per heavy atom. The number of nitrogens with zero attached hydrogens (tertiary/aromatic N) is 3. The zero-order valence-corrected chi connectivity index (χ0v) is 14.3. The van der Waals surface area contributed by atoms with Crippen LogP contribution in [-0.2, 0) is 18.9 Å². The lowest BCUT2D eigenvalue weighted by atomic mass is 9.86. The maximum atomic E-state index is 4.58. The highest BCUT2D eigenvalue weighted by atomic mass is 15.2. The number of fused-ring (bicyclic) bond motifs is 1. The molecule has 0 amide bonds. The molecule has 0 saturated carbocycles. The van der Waals surface area contributed by atoms with Crippen molar-refractivity contribution >= 4 is 17.0 Å². The van der Waals surface area contributed by atoms with Crippen LogP contribution in [0.25, 0.3) is 11.0 Å². The molecule has 0 spiro atoms. The summed E-state index contributed by atoms with van der Waals surface area (Å²) in [6, 6.07) is 10.9. The SMILES string of the molecule is Cn1c(NCCc2ccc(C(C)(C)C)cc2)nc2cnccc21. The molecule has 0 aliphatic rings. The zero-order valence-electron chi connectivity index (χ0n) is 14.3. The number of rotatable bonds is 4. The molecule has 0 radical (unpaired) electrons. The molecule has 0 saturated heterocycles. The Morgan fingerprint density at radius 2 is 1.83 bits per heavy atom. The summed E-state index contributed by atoms with van der Waals surface area (Å²) in [7, 11) is 2.02. The Hall–Kier alpha value is -2.36. The van der Waals surface area contributed by atoms with E-state index in [1.165, 1.54) is 11.1 Å². The highest BCUT2D eigenvalue weighted by Crippen LogP contribution is 2.22. The van der Waals surface area contributed by atoms with Crippen LogP contribution < -0.4 is 5.32 Å². The van der Waals surface area contributed by atoms with Crippen LogP contribution in [0.5, 0.6) is 0 Å². The Bertz CT molecular complexity index is 794. The van der Waals surface area contributed by atoms with Crippen LogP contribution in [0.1, 0.15) is 31.9 Å². The molecule has 23 heavy (non-hydrogen) atoms. The number of nitrogens with one attached hydrogen (secondary N) is 1. The van der Waals surface area contributed by atoms with E-state index in [4.69, 9.17) is 0 Å². The lowest BCUT2D eigenvalue weighted by Crippen LogP contribution is -2.11. The second-order valence-electron chi connectivity index (χ2n) is 6.98. The van der Waals surface area contributed by atoms with Gasteiger partial charge in [-0.1, -0.05) is 45.0 Å². The molecule has 3 rings (SSSR count). The fraction of sp³-hybridized carbons (Fsp3) is 0.368. The van der Waals surface area contributed by atoms with Gasteiger partial charge in [0.25, 0.3) is 0 Å². The van der Waals surface area contributed by atoms with Gasteiger partial charge in [0, 0.05) is 19.8 Å². The Balaban J connectivity index is 1.63. The van der Waals surface area contributed by atoms with E-state index in [1.54, 1.807) is 12.4 Å². The van der Waals surface area contributed by atoms with Crippen LogP contribution >= 0.6 is 0 Å². The molecule has 3 aromatic rings. The molecule has 1 N–H and O–H groups in total. The third kappa shape index (κ3) is 3.36. The van der Waals surface area contributed by atoms with Crippen molar-refractivity contribution in [2.75, 3.05) is 11.9 Å². The van der Waals surface area contributed by atoms with Gasteiger partial charge < -0.3 is 9.88 Å². The molecule has 120 valence electrons. The van der Waals surface area contributed by atoms with Crippen molar-refractivity contribution in [3.8, 4) is 0 Å². The fourth-order valence-corrected chi connectivity index (χ4v) is 2.70. The second kappa shape index (κ2) is 6.03. The quantitative estimate of drug-likeness (QED) is 0.794. The van der Waals surface area contributed by atoms with Crippen LogP contribution in [0.3, 0.4) is 0 Å². The number of hydrogen-bond donors (Lipinski definition) is 1. The van der Waals surface area contributed by atoms with E-state index in [2.05, 4.69) is 64.9 Å². The first-order chi connectivity index (χ1) is 10.9. The fourth-order valence-electron chi connectivity index (χ4n) is 2.70. The molecule has 4 heteroatoms. The summed E-state index contributed by atoms with van der Waals surface area (Å²) in [4.78, 5) is 8.70. The highest BCUT2D eigenvalue weighted by molar-refractivity contribution is 5.77. The molecule has 0 aliphatic carbocycles. The summed E-state index contributed by atoms with van der Waals surface area (Å²) in [6.07, 6.45) is 4.57. The minimum atomic E-state index is 0.206. The van der Waals surface area contributed by atoms with Crippen LogP contribution in [0.2, 0.25) is 0 Å². The summed E-state index contributed by atoms with van der Waals surface area (Å²) >= 11 is 0. The summed E-state index contributed by atoms with van der Waals surface area (Å²) in [5, 5.41) is 3.42. The van der Waals surface area contributed by atoms with Gasteiger partial charge >= 0.3 is 0 Å². The first kappa shape index (κ1) is 15.5. The lowest BCUT2D eigenvalue weighted by molar-refractivity contribution is 0.590. The molecule has 0 fully saturated rings. The van der Waals surface area contributed by atoms with Crippen LogP contribution in [-0.4, -0.2) is 21.1 Å². The maximum absolute atomic E-state index is 4.58. The molecule has 0 unspecified atom stereocenters. The molecule has 0 aliphatic heterocycles. The Labute approximate surface area is 137 Å². The molecule has 4 nitrogen and oxygen atoms in total. The molecule has 1 aromatic carbocycles. The number of anilines is 1. The normalized spacial score (nSPS) is 11.8. The third-order valence-electron chi connectivity index (χ3n) is 4.20. The smallest absolute Gasteiger partial charge is 0.203 e. The zero-order chi connectivity index (χ0) is 16.4. The molecule has 0 bridgehead atoms. The van der Waals surface area contributed by atoms with Crippen molar-refractivity contribution in [3.63, 3.8) is 0 Å². The van der Waals surface area contributed by atoms with Crippen LogP contribution in [0.15, 0.2) is 42.7 Å². The maximum Gasteiger partial charge on any atom is 0.203 e. The third-order valence-corrected chi connectivity index (χ3v) is 4.20. The van der Waals surface area contributed by atoms with Crippen molar-refractivity contribution in [3.05, 3.63) is 53.9 Å². The predicted octanol–water partition coefficient (Wildman–Crippen LogP) is 3.92. The van der Waals surface area contributed by atoms with Gasteiger partial charge in [-0.3, -0.25) is 4.98 Å². The monoisotopic (exact) mass is 308 g/mol. The number of benzene rings is 1. The van der Waals surface area contributed by atoms with Crippen LogP contribution in [0.4, 0.5) is 5.95 Å². The van der Waals surface area contributed by atoms with E-state index in [0.717, 1.165) is 29.9 Å². The Morgan fingerprint density at radius 1 is 1.09 bits per heavy atom. The minimum Gasteiger partial charge on any atom is -0.355 e. The van der Waals surface area contributed by atoms with Crippen molar-refractivity contribution in [2.45, 2.75) is 32.6 Å². The summed E-state index contributed by atoms with van der Waals surface area (Å²) < 4.78 is 2.07. The second-order valence-corrected chi connectivity index (χ2v) is 6.98. The number of pyridine rings is 1. The first-order valence-corrected chi connectivity index (χ1v) is 8.05. The van der Waals surface area contributed by atoms with Gasteiger partial charge in [0.15, 0.2) is 0 Å². The summed E-state index contributed by atoms with van der Waals surface area (Å²) in [6.45, 7) is 7.58. The van der Waals surface area contributed by atoms with Crippen molar-refractivity contribution in [1.29, 1.82) is 0 Å². The number of imidazole rings is 1. The lowest BCUT2D eigenvalue weighted by Gasteiger charge is -2.19. The average Bonchev–Trinajstić information content (AvgIpc) is 2.84. The van der Waals surface area contributed by atoms with Gasteiger partial charge in [-0.05, 0) is 29.0 Å². The van der Waals surface area contributed by atoms with Gasteiger partial charge in [0.2, 0.25) is 5.95 Å². The highest BCUT2D eigenvalue weighted by Gasteiger charge is 2.12. The molecular weight excluding hydrogens is 284 g/mol. The number of aryl methyl sites for hydroxylation is 1. The van der Waals surface area contributed by atoms with Crippen molar-refractivity contribution in [2.24, 2.45) is 7.05 Å². The molecule has 0 atom stereocenters. The largest absolute Gasteiger partial charge is 0.355 e. The first-order valence-electron chi connectivity index (χ1n) is 8.05. The summed E-state index contributed by atoms with van der Waals surface area (Å²) in [5.41, 5.74) is 4.93. The molecular formula is C19H24N4. The van der Waals surface area contributed by atoms with Gasteiger partial charge in [-0.2, -0.15) is 0 Å².